The normalized spacial score (nSPS) is 11.5. The molecule has 35 heavy (non-hydrogen) atoms. The van der Waals surface area contributed by atoms with Gasteiger partial charge < -0.3 is 14.6 Å². The molecule has 4 rings (SSSR count). The molecule has 0 radical (unpaired) electrons. The van der Waals surface area contributed by atoms with Gasteiger partial charge in [0.1, 0.15) is 18.7 Å². The zero-order valence-corrected chi connectivity index (χ0v) is 21.5. The van der Waals surface area contributed by atoms with Gasteiger partial charge in [-0.05, 0) is 23.8 Å². The van der Waals surface area contributed by atoms with Crippen molar-refractivity contribution in [1.29, 1.82) is 0 Å². The number of pyridine rings is 1. The zero-order chi connectivity index (χ0) is 25.0. The SMILES string of the molecule is C[Si](C)(C)COCn1cc(C(=O)c2cncc(NC(=O)Cc3ccc(Cl)cc3)c2)c2cncnc21. The summed E-state index contributed by atoms with van der Waals surface area (Å²) < 4.78 is 7.71. The first-order valence-corrected chi connectivity index (χ1v) is 15.2. The molecule has 0 saturated carbocycles. The lowest BCUT2D eigenvalue weighted by atomic mass is 10.1. The molecule has 10 heteroatoms. The van der Waals surface area contributed by atoms with Crippen LogP contribution >= 0.6 is 11.6 Å². The minimum atomic E-state index is -1.38. The number of halogens is 1. The van der Waals surface area contributed by atoms with Gasteiger partial charge in [0, 0.05) is 40.8 Å². The van der Waals surface area contributed by atoms with Gasteiger partial charge in [-0.2, -0.15) is 0 Å². The Hall–Kier alpha value is -3.40. The molecule has 1 aromatic carbocycles. The molecule has 8 nitrogen and oxygen atoms in total. The molecule has 0 fully saturated rings. The van der Waals surface area contributed by atoms with Crippen LogP contribution in [0.4, 0.5) is 5.69 Å². The highest BCUT2D eigenvalue weighted by atomic mass is 35.5. The summed E-state index contributed by atoms with van der Waals surface area (Å²) in [4.78, 5) is 38.5. The van der Waals surface area contributed by atoms with E-state index in [1.807, 2.05) is 4.57 Å². The molecule has 3 aromatic heterocycles. The maximum Gasteiger partial charge on any atom is 0.228 e. The van der Waals surface area contributed by atoms with Crippen molar-refractivity contribution < 1.29 is 14.3 Å². The molecule has 0 spiro atoms. The third-order valence-electron chi connectivity index (χ3n) is 5.11. The number of ketones is 1. The quantitative estimate of drug-likeness (QED) is 0.259. The van der Waals surface area contributed by atoms with Crippen LogP contribution < -0.4 is 5.32 Å². The highest BCUT2D eigenvalue weighted by Gasteiger charge is 2.20. The Bertz CT molecular complexity index is 1370. The molecular weight excluding hydrogens is 482 g/mol. The summed E-state index contributed by atoms with van der Waals surface area (Å²) in [5.74, 6) is -0.460. The Morgan fingerprint density at radius 3 is 2.60 bits per heavy atom. The second kappa shape index (κ2) is 10.5. The van der Waals surface area contributed by atoms with Crippen molar-refractivity contribution >= 4 is 48.1 Å². The lowest BCUT2D eigenvalue weighted by Gasteiger charge is -2.16. The van der Waals surface area contributed by atoms with Crippen LogP contribution in [0.1, 0.15) is 21.5 Å². The van der Waals surface area contributed by atoms with Gasteiger partial charge in [0.05, 0.1) is 31.9 Å². The van der Waals surface area contributed by atoms with E-state index in [1.54, 1.807) is 42.7 Å². The van der Waals surface area contributed by atoms with Gasteiger partial charge in [-0.1, -0.05) is 43.4 Å². The topological polar surface area (TPSA) is 99.0 Å². The molecule has 0 unspecified atom stereocenters. The van der Waals surface area contributed by atoms with E-state index in [1.165, 1.54) is 18.7 Å². The molecule has 180 valence electrons. The standard InChI is InChI=1S/C25H26ClN5O3Si/c1-35(2,3)16-34-15-31-13-22(21-12-28-14-29-25(21)31)24(33)18-9-20(11-27-10-18)30-23(32)8-17-4-6-19(26)7-5-17/h4-7,9-14H,8,15-16H2,1-3H3,(H,30,32). The van der Waals surface area contributed by atoms with Crippen molar-refractivity contribution in [1.82, 2.24) is 19.5 Å². The third-order valence-corrected chi connectivity index (χ3v) is 6.43. The predicted octanol–water partition coefficient (Wildman–Crippen LogP) is 4.74. The fourth-order valence-electron chi connectivity index (χ4n) is 3.54. The smallest absolute Gasteiger partial charge is 0.228 e. The van der Waals surface area contributed by atoms with E-state index in [-0.39, 0.29) is 18.1 Å². The van der Waals surface area contributed by atoms with Crippen LogP contribution in [0.25, 0.3) is 11.0 Å². The highest BCUT2D eigenvalue weighted by Crippen LogP contribution is 2.23. The molecule has 0 aliphatic heterocycles. The first-order valence-electron chi connectivity index (χ1n) is 11.1. The molecule has 0 aliphatic carbocycles. The van der Waals surface area contributed by atoms with Crippen molar-refractivity contribution in [2.45, 2.75) is 32.8 Å². The summed E-state index contributed by atoms with van der Waals surface area (Å²) in [6.07, 6.45) is 8.66. The number of anilines is 1. The number of amides is 1. The molecule has 0 saturated heterocycles. The Morgan fingerprint density at radius 2 is 1.86 bits per heavy atom. The fraction of sp³-hybridized carbons (Fsp3) is 0.240. The van der Waals surface area contributed by atoms with E-state index in [2.05, 4.69) is 39.9 Å². The molecule has 4 aromatic rings. The van der Waals surface area contributed by atoms with Gasteiger partial charge in [0.15, 0.2) is 5.78 Å². The molecule has 1 N–H and O–H groups in total. The average molecular weight is 508 g/mol. The first kappa shape index (κ1) is 24.7. The number of fused-ring (bicyclic) bond motifs is 1. The second-order valence-corrected chi connectivity index (χ2v) is 15.3. The van der Waals surface area contributed by atoms with E-state index in [0.717, 1.165) is 5.56 Å². The Kier molecular flexibility index (Phi) is 7.39. The summed E-state index contributed by atoms with van der Waals surface area (Å²) in [5.41, 5.74) is 2.69. The Balaban J connectivity index is 1.52. The van der Waals surface area contributed by atoms with Crippen LogP contribution in [0.15, 0.2) is 61.4 Å². The van der Waals surface area contributed by atoms with Crippen LogP contribution in [0, 0.1) is 0 Å². The number of nitrogens with zero attached hydrogens (tertiary/aromatic N) is 4. The largest absolute Gasteiger partial charge is 0.364 e. The summed E-state index contributed by atoms with van der Waals surface area (Å²) in [5, 5.41) is 4.04. The first-order chi connectivity index (χ1) is 16.7. The second-order valence-electron chi connectivity index (χ2n) is 9.45. The van der Waals surface area contributed by atoms with E-state index >= 15 is 0 Å². The molecule has 0 bridgehead atoms. The Morgan fingerprint density at radius 1 is 1.09 bits per heavy atom. The van der Waals surface area contributed by atoms with E-state index in [0.29, 0.717) is 45.8 Å². The number of benzene rings is 1. The maximum absolute atomic E-state index is 13.4. The molecular formula is C25H26ClN5O3Si. The van der Waals surface area contributed by atoms with Crippen LogP contribution in [0.3, 0.4) is 0 Å². The van der Waals surface area contributed by atoms with Crippen molar-refractivity contribution in [3.8, 4) is 0 Å². The lowest BCUT2D eigenvalue weighted by Crippen LogP contribution is -2.28. The summed E-state index contributed by atoms with van der Waals surface area (Å²) in [6.45, 7) is 6.98. The maximum atomic E-state index is 13.4. The van der Waals surface area contributed by atoms with Crippen LogP contribution in [-0.4, -0.2) is 45.5 Å². The van der Waals surface area contributed by atoms with Gasteiger partial charge in [-0.25, -0.2) is 9.97 Å². The number of rotatable bonds is 9. The summed E-state index contributed by atoms with van der Waals surface area (Å²) in [7, 11) is -1.38. The lowest BCUT2D eigenvalue weighted by molar-refractivity contribution is -0.115. The molecule has 0 atom stereocenters. The van der Waals surface area contributed by atoms with Gasteiger partial charge >= 0.3 is 0 Å². The fourth-order valence-corrected chi connectivity index (χ4v) is 4.37. The number of nitrogens with one attached hydrogen (secondary N) is 1. The van der Waals surface area contributed by atoms with Gasteiger partial charge in [0.25, 0.3) is 0 Å². The zero-order valence-electron chi connectivity index (χ0n) is 19.8. The number of aromatic nitrogens is 4. The van der Waals surface area contributed by atoms with Crippen molar-refractivity contribution in [3.63, 3.8) is 0 Å². The van der Waals surface area contributed by atoms with E-state index in [9.17, 15) is 9.59 Å². The molecule has 1 amide bonds. The van der Waals surface area contributed by atoms with Gasteiger partial charge in [-0.3, -0.25) is 14.6 Å². The van der Waals surface area contributed by atoms with Gasteiger partial charge in [-0.15, -0.1) is 0 Å². The van der Waals surface area contributed by atoms with Crippen molar-refractivity contribution in [3.05, 3.63) is 83.2 Å². The predicted molar refractivity (Wildman–Crippen MR) is 138 cm³/mol. The summed E-state index contributed by atoms with van der Waals surface area (Å²) >= 11 is 5.90. The number of hydrogen-bond donors (Lipinski definition) is 1. The molecule has 0 aliphatic rings. The minimum Gasteiger partial charge on any atom is -0.364 e. The number of ether oxygens (including phenoxy) is 1. The number of carbonyl (C=O) groups excluding carboxylic acids is 2. The van der Waals surface area contributed by atoms with E-state index < -0.39 is 8.07 Å². The van der Waals surface area contributed by atoms with E-state index in [4.69, 9.17) is 16.3 Å². The highest BCUT2D eigenvalue weighted by molar-refractivity contribution is 6.76. The average Bonchev–Trinajstić information content (AvgIpc) is 3.18. The third kappa shape index (κ3) is 6.39. The van der Waals surface area contributed by atoms with Crippen LogP contribution in [-0.2, 0) is 22.7 Å². The number of hydrogen-bond acceptors (Lipinski definition) is 6. The number of carbonyl (C=O) groups is 2. The van der Waals surface area contributed by atoms with Crippen molar-refractivity contribution in [2.75, 3.05) is 11.5 Å². The van der Waals surface area contributed by atoms with Gasteiger partial charge in [0.2, 0.25) is 5.91 Å². The Labute approximate surface area is 209 Å². The van der Waals surface area contributed by atoms with Crippen molar-refractivity contribution in [2.24, 2.45) is 0 Å². The monoisotopic (exact) mass is 507 g/mol. The van der Waals surface area contributed by atoms with Crippen LogP contribution in [0.2, 0.25) is 24.7 Å². The van der Waals surface area contributed by atoms with Crippen LogP contribution in [0.5, 0.6) is 0 Å². The summed E-state index contributed by atoms with van der Waals surface area (Å²) in [6, 6.07) is 8.68. The minimum absolute atomic E-state index is 0.178. The molecule has 3 heterocycles.